The Bertz CT molecular complexity index is 1230. The van der Waals surface area contributed by atoms with E-state index in [1.807, 2.05) is 49.4 Å². The molecule has 156 valence electrons. The van der Waals surface area contributed by atoms with Gasteiger partial charge in [0.25, 0.3) is 0 Å². The van der Waals surface area contributed by atoms with Crippen LogP contribution in [0.1, 0.15) is 38.1 Å². The quantitative estimate of drug-likeness (QED) is 0.314. The first-order chi connectivity index (χ1) is 15.0. The number of ketones is 1. The lowest BCUT2D eigenvalue weighted by Gasteiger charge is -2.08. The molecule has 0 saturated carbocycles. The molecule has 6 nitrogen and oxygen atoms in total. The van der Waals surface area contributed by atoms with E-state index in [2.05, 4.69) is 15.3 Å². The molecule has 4 rings (SSSR count). The van der Waals surface area contributed by atoms with Gasteiger partial charge >= 0.3 is 5.97 Å². The van der Waals surface area contributed by atoms with E-state index >= 15 is 0 Å². The van der Waals surface area contributed by atoms with Crippen LogP contribution in [0.25, 0.3) is 10.2 Å². The summed E-state index contributed by atoms with van der Waals surface area (Å²) < 4.78 is 5.51. The molecule has 0 atom stereocenters. The van der Waals surface area contributed by atoms with Crippen molar-refractivity contribution in [1.29, 1.82) is 0 Å². The van der Waals surface area contributed by atoms with E-state index in [4.69, 9.17) is 4.74 Å². The van der Waals surface area contributed by atoms with Gasteiger partial charge in [0, 0.05) is 17.7 Å². The molecule has 0 amide bonds. The maximum absolute atomic E-state index is 12.7. The van der Waals surface area contributed by atoms with Crippen LogP contribution in [0.15, 0.2) is 60.9 Å². The fraction of sp³-hybridized carbons (Fsp3) is 0.167. The minimum absolute atomic E-state index is 0.0140. The van der Waals surface area contributed by atoms with E-state index in [0.717, 1.165) is 22.2 Å². The summed E-state index contributed by atoms with van der Waals surface area (Å²) in [6, 6.07) is 17.1. The molecule has 2 heterocycles. The second-order valence-corrected chi connectivity index (χ2v) is 8.09. The van der Waals surface area contributed by atoms with Crippen LogP contribution in [0, 0.1) is 6.92 Å². The van der Waals surface area contributed by atoms with E-state index in [-0.39, 0.29) is 11.8 Å². The van der Waals surface area contributed by atoms with E-state index in [1.54, 1.807) is 12.1 Å². The Balaban J connectivity index is 1.53. The number of aromatic nitrogens is 2. The molecule has 0 aliphatic heterocycles. The van der Waals surface area contributed by atoms with Crippen molar-refractivity contribution < 1.29 is 14.3 Å². The number of Topliss-reactive ketones (excluding diaryl/α,β-unsaturated/α-hetero) is 1. The van der Waals surface area contributed by atoms with Crippen LogP contribution < -0.4 is 5.32 Å². The molecule has 0 bridgehead atoms. The summed E-state index contributed by atoms with van der Waals surface area (Å²) in [5.41, 5.74) is 3.35. The number of ether oxygens (including phenoxy) is 1. The summed E-state index contributed by atoms with van der Waals surface area (Å²) in [5.74, 6) is 0.269. The number of carbonyl (C=O) groups excluding carboxylic acids is 2. The third kappa shape index (κ3) is 4.62. The smallest absolute Gasteiger partial charge is 0.348 e. The first kappa shape index (κ1) is 20.7. The van der Waals surface area contributed by atoms with Crippen LogP contribution in [-0.2, 0) is 11.2 Å². The average Bonchev–Trinajstić information content (AvgIpc) is 3.12. The summed E-state index contributed by atoms with van der Waals surface area (Å²) in [7, 11) is 0. The zero-order valence-electron chi connectivity index (χ0n) is 17.2. The van der Waals surface area contributed by atoms with E-state index in [9.17, 15) is 9.59 Å². The van der Waals surface area contributed by atoms with Crippen molar-refractivity contribution in [3.8, 4) is 0 Å². The minimum atomic E-state index is -0.354. The Labute approximate surface area is 183 Å². The SMILES string of the molecule is CC(=O)c1ccc(Nc2ncnc3sc(C(=O)OCCc4ccccc4)c(C)c23)cc1. The number of nitrogens with one attached hydrogen (secondary N) is 1. The predicted molar refractivity (Wildman–Crippen MR) is 122 cm³/mol. The number of anilines is 2. The van der Waals surface area contributed by atoms with E-state index in [1.165, 1.54) is 24.6 Å². The Hall–Kier alpha value is -3.58. The highest BCUT2D eigenvalue weighted by atomic mass is 32.1. The molecule has 0 saturated heterocycles. The van der Waals surface area contributed by atoms with Gasteiger partial charge in [-0.2, -0.15) is 0 Å². The van der Waals surface area contributed by atoms with Crippen LogP contribution in [0.2, 0.25) is 0 Å². The number of hydrogen-bond donors (Lipinski definition) is 1. The van der Waals surface area contributed by atoms with Gasteiger partial charge in [-0.1, -0.05) is 30.3 Å². The molecule has 2 aromatic heterocycles. The second-order valence-electron chi connectivity index (χ2n) is 7.09. The molecular formula is C24H21N3O3S. The first-order valence-corrected chi connectivity index (χ1v) is 10.7. The summed E-state index contributed by atoms with van der Waals surface area (Å²) in [4.78, 5) is 34.1. The number of aryl methyl sites for hydroxylation is 1. The predicted octanol–water partition coefficient (Wildman–Crippen LogP) is 5.35. The van der Waals surface area contributed by atoms with Gasteiger partial charge in [0.2, 0.25) is 0 Å². The van der Waals surface area contributed by atoms with Crippen LogP contribution >= 0.6 is 11.3 Å². The lowest BCUT2D eigenvalue weighted by atomic mass is 10.1. The molecule has 7 heteroatoms. The van der Waals surface area contributed by atoms with Crippen LogP contribution in [0.4, 0.5) is 11.5 Å². The van der Waals surface area contributed by atoms with Crippen molar-refractivity contribution in [3.63, 3.8) is 0 Å². The number of carbonyl (C=O) groups is 2. The zero-order chi connectivity index (χ0) is 21.8. The highest BCUT2D eigenvalue weighted by molar-refractivity contribution is 7.20. The lowest BCUT2D eigenvalue weighted by molar-refractivity contribution is 0.0514. The van der Waals surface area contributed by atoms with Gasteiger partial charge in [-0.25, -0.2) is 14.8 Å². The summed E-state index contributed by atoms with van der Waals surface area (Å²) in [6.45, 7) is 3.72. The van der Waals surface area contributed by atoms with Crippen molar-refractivity contribution in [3.05, 3.63) is 82.5 Å². The number of thiophene rings is 1. The normalized spacial score (nSPS) is 10.8. The van der Waals surface area contributed by atoms with Gasteiger partial charge in [0.05, 0.1) is 12.0 Å². The van der Waals surface area contributed by atoms with Crippen LogP contribution in [0.5, 0.6) is 0 Å². The molecule has 31 heavy (non-hydrogen) atoms. The fourth-order valence-electron chi connectivity index (χ4n) is 3.26. The van der Waals surface area contributed by atoms with E-state index < -0.39 is 0 Å². The maximum Gasteiger partial charge on any atom is 0.348 e. The summed E-state index contributed by atoms with van der Waals surface area (Å²) in [6.07, 6.45) is 2.13. The van der Waals surface area contributed by atoms with Crippen LogP contribution in [-0.4, -0.2) is 28.3 Å². The number of hydrogen-bond acceptors (Lipinski definition) is 7. The lowest BCUT2D eigenvalue weighted by Crippen LogP contribution is -2.07. The van der Waals surface area contributed by atoms with Crippen molar-refractivity contribution in [2.75, 3.05) is 11.9 Å². The Kier molecular flexibility index (Phi) is 6.04. The monoisotopic (exact) mass is 431 g/mol. The average molecular weight is 432 g/mol. The van der Waals surface area contributed by atoms with Crippen molar-refractivity contribution in [1.82, 2.24) is 9.97 Å². The molecule has 0 fully saturated rings. The topological polar surface area (TPSA) is 81.2 Å². The number of nitrogens with zero attached hydrogens (tertiary/aromatic N) is 2. The highest BCUT2D eigenvalue weighted by Crippen LogP contribution is 2.34. The molecule has 2 aromatic carbocycles. The molecule has 4 aromatic rings. The van der Waals surface area contributed by atoms with Gasteiger partial charge in [-0.15, -0.1) is 11.3 Å². The molecule has 0 unspecified atom stereocenters. The van der Waals surface area contributed by atoms with Gasteiger partial charge in [0.15, 0.2) is 5.78 Å². The van der Waals surface area contributed by atoms with E-state index in [0.29, 0.717) is 34.1 Å². The maximum atomic E-state index is 12.7. The van der Waals surface area contributed by atoms with Crippen LogP contribution in [0.3, 0.4) is 0 Å². The molecule has 0 aliphatic rings. The third-order valence-electron chi connectivity index (χ3n) is 4.93. The van der Waals surface area contributed by atoms with Gasteiger partial charge < -0.3 is 10.1 Å². The van der Waals surface area contributed by atoms with Crippen molar-refractivity contribution in [2.45, 2.75) is 20.3 Å². The number of fused-ring (bicyclic) bond motifs is 1. The van der Waals surface area contributed by atoms with Crippen molar-refractivity contribution >= 4 is 44.8 Å². The fourth-order valence-corrected chi connectivity index (χ4v) is 4.30. The minimum Gasteiger partial charge on any atom is -0.461 e. The third-order valence-corrected chi connectivity index (χ3v) is 6.11. The largest absolute Gasteiger partial charge is 0.461 e. The van der Waals surface area contributed by atoms with Gasteiger partial charge in [-0.05, 0) is 49.2 Å². The highest BCUT2D eigenvalue weighted by Gasteiger charge is 2.20. The standard InChI is InChI=1S/C24H21N3O3S/c1-15-20-22(27-19-10-8-18(9-11-19)16(2)28)25-14-26-23(20)31-21(15)24(29)30-13-12-17-6-4-3-5-7-17/h3-11,14H,12-13H2,1-2H3,(H,25,26,27). The molecule has 0 aliphatic carbocycles. The first-order valence-electron chi connectivity index (χ1n) is 9.86. The molecular weight excluding hydrogens is 410 g/mol. The van der Waals surface area contributed by atoms with Gasteiger partial charge in [-0.3, -0.25) is 4.79 Å². The zero-order valence-corrected chi connectivity index (χ0v) is 18.0. The molecule has 0 spiro atoms. The summed E-state index contributed by atoms with van der Waals surface area (Å²) >= 11 is 1.30. The number of benzene rings is 2. The molecule has 0 radical (unpaired) electrons. The Morgan fingerprint density at radius 1 is 1.03 bits per heavy atom. The Morgan fingerprint density at radius 2 is 1.77 bits per heavy atom. The number of rotatable bonds is 7. The Morgan fingerprint density at radius 3 is 2.48 bits per heavy atom. The van der Waals surface area contributed by atoms with Crippen molar-refractivity contribution in [2.24, 2.45) is 0 Å². The van der Waals surface area contributed by atoms with Gasteiger partial charge in [0.1, 0.15) is 21.9 Å². The second kappa shape index (κ2) is 9.06. The molecule has 1 N–H and O–H groups in total. The number of esters is 1. The summed E-state index contributed by atoms with van der Waals surface area (Å²) in [5, 5.41) is 4.05.